The summed E-state index contributed by atoms with van der Waals surface area (Å²) in [4.78, 5) is 35.1. The molecule has 1 N–H and O–H groups in total. The van der Waals surface area contributed by atoms with E-state index in [9.17, 15) is 19.5 Å². The van der Waals surface area contributed by atoms with Crippen LogP contribution in [0, 0.1) is 0 Å². The molecule has 1 aliphatic rings. The van der Waals surface area contributed by atoms with E-state index in [1.807, 2.05) is 24.3 Å². The summed E-state index contributed by atoms with van der Waals surface area (Å²) >= 11 is 6.48. The van der Waals surface area contributed by atoms with Crippen LogP contribution < -0.4 is 4.74 Å². The topological polar surface area (TPSA) is 118 Å². The quantitative estimate of drug-likeness (QED) is 0.413. The van der Waals surface area contributed by atoms with E-state index in [1.165, 1.54) is 20.8 Å². The molecule has 1 heterocycles. The van der Waals surface area contributed by atoms with Gasteiger partial charge in [-0.25, -0.2) is 0 Å². The van der Waals surface area contributed by atoms with Crippen LogP contribution in [-0.4, -0.2) is 61.1 Å². The number of carbonyl (C=O) groups excluding carboxylic acids is 3. The minimum absolute atomic E-state index is 0.288. The molecule has 0 saturated carbocycles. The highest BCUT2D eigenvalue weighted by Crippen LogP contribution is 2.37. The fraction of sp³-hybridized carbons (Fsp3) is 0.423. The van der Waals surface area contributed by atoms with Gasteiger partial charge in [-0.2, -0.15) is 0 Å². The van der Waals surface area contributed by atoms with Crippen LogP contribution >= 0.6 is 11.6 Å². The van der Waals surface area contributed by atoms with Gasteiger partial charge >= 0.3 is 17.9 Å². The molecule has 2 aromatic carbocycles. The van der Waals surface area contributed by atoms with E-state index < -0.39 is 48.4 Å². The van der Waals surface area contributed by atoms with Crippen LogP contribution in [0.15, 0.2) is 42.5 Å². The Hall–Kier alpha value is -3.14. The van der Waals surface area contributed by atoms with Crippen molar-refractivity contribution in [3.8, 4) is 5.75 Å². The molecule has 194 valence electrons. The Morgan fingerprint density at radius 3 is 2.17 bits per heavy atom. The van der Waals surface area contributed by atoms with Gasteiger partial charge in [-0.15, -0.1) is 0 Å². The maximum Gasteiger partial charge on any atom is 0.303 e. The highest BCUT2D eigenvalue weighted by molar-refractivity contribution is 6.31. The number of ether oxygens (including phenoxy) is 5. The Morgan fingerprint density at radius 1 is 0.944 bits per heavy atom. The van der Waals surface area contributed by atoms with Crippen molar-refractivity contribution in [3.63, 3.8) is 0 Å². The minimum Gasteiger partial charge on any atom is -0.497 e. The van der Waals surface area contributed by atoms with Crippen LogP contribution in [0.2, 0.25) is 5.02 Å². The number of hydrogen-bond acceptors (Lipinski definition) is 9. The molecule has 0 spiro atoms. The maximum absolute atomic E-state index is 11.9. The number of aliphatic hydroxyl groups excluding tert-OH is 1. The molecule has 2 aromatic rings. The van der Waals surface area contributed by atoms with Gasteiger partial charge < -0.3 is 28.8 Å². The summed E-state index contributed by atoms with van der Waals surface area (Å²) in [5.41, 5.74) is 2.33. The lowest BCUT2D eigenvalue weighted by Crippen LogP contribution is -2.58. The Morgan fingerprint density at radius 2 is 1.58 bits per heavy atom. The molecular formula is C26H29ClO9. The van der Waals surface area contributed by atoms with Crippen molar-refractivity contribution in [2.24, 2.45) is 0 Å². The summed E-state index contributed by atoms with van der Waals surface area (Å²) in [5, 5.41) is 11.4. The van der Waals surface area contributed by atoms with E-state index in [-0.39, 0.29) is 6.61 Å². The van der Waals surface area contributed by atoms with E-state index >= 15 is 0 Å². The summed E-state index contributed by atoms with van der Waals surface area (Å²) in [6, 6.07) is 12.7. The van der Waals surface area contributed by atoms with Gasteiger partial charge in [0, 0.05) is 25.8 Å². The average molecular weight is 521 g/mol. The fourth-order valence-corrected chi connectivity index (χ4v) is 4.23. The van der Waals surface area contributed by atoms with Crippen LogP contribution in [0.3, 0.4) is 0 Å². The van der Waals surface area contributed by atoms with Gasteiger partial charge in [-0.3, -0.25) is 14.4 Å². The zero-order valence-electron chi connectivity index (χ0n) is 20.4. The third-order valence-corrected chi connectivity index (χ3v) is 6.04. The van der Waals surface area contributed by atoms with Gasteiger partial charge in [0.25, 0.3) is 0 Å². The molecule has 0 amide bonds. The van der Waals surface area contributed by atoms with E-state index in [2.05, 4.69) is 0 Å². The van der Waals surface area contributed by atoms with Crippen LogP contribution in [0.4, 0.5) is 0 Å². The maximum atomic E-state index is 11.9. The minimum atomic E-state index is -1.42. The molecule has 0 unspecified atom stereocenters. The van der Waals surface area contributed by atoms with Gasteiger partial charge in [0.05, 0.1) is 7.11 Å². The van der Waals surface area contributed by atoms with Gasteiger partial charge in [0.15, 0.2) is 12.2 Å². The molecule has 1 aliphatic heterocycles. The van der Waals surface area contributed by atoms with Crippen molar-refractivity contribution in [3.05, 3.63) is 64.2 Å². The largest absolute Gasteiger partial charge is 0.497 e. The lowest BCUT2D eigenvalue weighted by Gasteiger charge is -2.43. The molecule has 1 fully saturated rings. The first kappa shape index (κ1) is 27.4. The number of halogens is 1. The first-order valence-electron chi connectivity index (χ1n) is 11.3. The number of rotatable bonds is 8. The normalized spacial score (nSPS) is 23.4. The Balaban J connectivity index is 1.98. The lowest BCUT2D eigenvalue weighted by molar-refractivity contribution is -0.249. The highest BCUT2D eigenvalue weighted by atomic mass is 35.5. The van der Waals surface area contributed by atoms with Gasteiger partial charge in [-0.05, 0) is 41.3 Å². The average Bonchev–Trinajstić information content (AvgIpc) is 2.82. The second-order valence-corrected chi connectivity index (χ2v) is 8.82. The molecule has 0 bridgehead atoms. The van der Waals surface area contributed by atoms with Gasteiger partial charge in [0.2, 0.25) is 0 Å². The monoisotopic (exact) mass is 520 g/mol. The summed E-state index contributed by atoms with van der Waals surface area (Å²) < 4.78 is 27.2. The van der Waals surface area contributed by atoms with E-state index in [0.717, 1.165) is 16.9 Å². The molecule has 3 rings (SSSR count). The number of hydrogen-bond donors (Lipinski definition) is 1. The SMILES string of the molecule is COc1ccc(Cc2cc([C@@H]3O[C@H](COC(C)=O)[C@@H](O)[C@H](OC(C)=O)[C@H]3OC(C)=O)ccc2Cl)cc1. The molecule has 0 radical (unpaired) electrons. The van der Waals surface area contributed by atoms with Crippen molar-refractivity contribution in [1.29, 1.82) is 0 Å². The van der Waals surface area contributed by atoms with E-state index in [1.54, 1.807) is 25.3 Å². The van der Waals surface area contributed by atoms with Gasteiger partial charge in [-0.1, -0.05) is 35.9 Å². The predicted molar refractivity (Wildman–Crippen MR) is 129 cm³/mol. The van der Waals surface area contributed by atoms with Crippen LogP contribution in [0.1, 0.15) is 43.6 Å². The lowest BCUT2D eigenvalue weighted by atomic mass is 9.89. The second kappa shape index (κ2) is 12.2. The standard InChI is InChI=1S/C26H29ClO9/c1-14(28)33-13-22-23(31)25(34-15(2)29)26(35-16(3)30)24(36-22)18-7-10-21(27)19(12-18)11-17-5-8-20(32-4)9-6-17/h5-10,12,22-26,31H,11,13H2,1-4H3/t22-,23-,24+,25+,26+/m1/s1. The second-order valence-electron chi connectivity index (χ2n) is 8.41. The predicted octanol–water partition coefficient (Wildman–Crippen LogP) is 3.17. The highest BCUT2D eigenvalue weighted by Gasteiger charge is 2.50. The zero-order valence-corrected chi connectivity index (χ0v) is 21.2. The molecule has 10 heteroatoms. The van der Waals surface area contributed by atoms with Gasteiger partial charge in [0.1, 0.15) is 30.7 Å². The summed E-state index contributed by atoms with van der Waals surface area (Å²) in [6.45, 7) is 3.32. The van der Waals surface area contributed by atoms with Crippen molar-refractivity contribution in [2.75, 3.05) is 13.7 Å². The Kier molecular flexibility index (Phi) is 9.31. The summed E-state index contributed by atoms with van der Waals surface area (Å²) in [5.74, 6) is -1.17. The molecule has 5 atom stereocenters. The smallest absolute Gasteiger partial charge is 0.303 e. The first-order valence-corrected chi connectivity index (χ1v) is 11.7. The van der Waals surface area contributed by atoms with Crippen molar-refractivity contribution < 1.29 is 43.2 Å². The third-order valence-electron chi connectivity index (χ3n) is 5.67. The van der Waals surface area contributed by atoms with E-state index in [0.29, 0.717) is 17.0 Å². The zero-order chi connectivity index (χ0) is 26.4. The first-order chi connectivity index (χ1) is 17.1. The fourth-order valence-electron chi connectivity index (χ4n) is 4.05. The number of methoxy groups -OCH3 is 1. The molecule has 1 saturated heterocycles. The number of carbonyl (C=O) groups is 3. The Bertz CT molecular complexity index is 1090. The molecular weight excluding hydrogens is 492 g/mol. The van der Waals surface area contributed by atoms with Crippen LogP contribution in [0.25, 0.3) is 0 Å². The molecule has 0 aromatic heterocycles. The summed E-state index contributed by atoms with van der Waals surface area (Å²) in [7, 11) is 1.59. The van der Waals surface area contributed by atoms with E-state index in [4.69, 9.17) is 35.3 Å². The number of aliphatic hydroxyl groups is 1. The van der Waals surface area contributed by atoms with Crippen LogP contribution in [-0.2, 0) is 39.8 Å². The van der Waals surface area contributed by atoms with Crippen molar-refractivity contribution in [2.45, 2.75) is 57.7 Å². The molecule has 9 nitrogen and oxygen atoms in total. The van der Waals surface area contributed by atoms with Crippen molar-refractivity contribution in [1.82, 2.24) is 0 Å². The van der Waals surface area contributed by atoms with Crippen LogP contribution in [0.5, 0.6) is 5.75 Å². The number of esters is 3. The third kappa shape index (κ3) is 6.96. The van der Waals surface area contributed by atoms with Crippen molar-refractivity contribution >= 4 is 29.5 Å². The number of benzene rings is 2. The Labute approximate surface area is 214 Å². The summed E-state index contributed by atoms with van der Waals surface area (Å²) in [6.07, 6.45) is -5.34. The molecule has 0 aliphatic carbocycles. The molecule has 36 heavy (non-hydrogen) atoms.